The summed E-state index contributed by atoms with van der Waals surface area (Å²) in [6.07, 6.45) is 0. The molecule has 1 heterocycles. The molecule has 176 valence electrons. The molecule has 1 aliphatic rings. The summed E-state index contributed by atoms with van der Waals surface area (Å²) in [5.74, 6) is -3.18. The molecule has 0 fully saturated rings. The SMILES string of the molecule is O=C(c1ccccc1[N+](=O)[O-])N(Cc1ccc(Cl)c(Cl)c1)N1C(=O)c2cccc([N+](=O)[O-])c2C1=O. The number of carbonyl (C=O) groups excluding carboxylic acids is 3. The second-order valence-corrected chi connectivity index (χ2v) is 8.08. The van der Waals surface area contributed by atoms with Gasteiger partial charge in [0.25, 0.3) is 29.1 Å². The Kier molecular flexibility index (Phi) is 6.20. The lowest BCUT2D eigenvalue weighted by molar-refractivity contribution is -0.385. The van der Waals surface area contributed by atoms with Gasteiger partial charge in [-0.2, -0.15) is 5.01 Å². The Morgan fingerprint density at radius 2 is 1.51 bits per heavy atom. The van der Waals surface area contributed by atoms with Crippen LogP contribution in [-0.4, -0.2) is 37.6 Å². The number of carbonyl (C=O) groups is 3. The molecule has 0 atom stereocenters. The van der Waals surface area contributed by atoms with Crippen molar-refractivity contribution in [3.05, 3.63) is 113 Å². The summed E-state index contributed by atoms with van der Waals surface area (Å²) in [6.45, 7) is -0.430. The molecular formula is C22H12Cl2N4O7. The molecule has 3 aromatic rings. The Hall–Kier alpha value is -4.35. The molecule has 1 aliphatic heterocycles. The fourth-order valence-electron chi connectivity index (χ4n) is 3.62. The van der Waals surface area contributed by atoms with Gasteiger partial charge >= 0.3 is 0 Å². The highest BCUT2D eigenvalue weighted by atomic mass is 35.5. The molecule has 0 radical (unpaired) electrons. The number of halogens is 2. The number of benzene rings is 3. The maximum atomic E-state index is 13.6. The molecule has 0 saturated carbocycles. The quantitative estimate of drug-likeness (QED) is 0.264. The molecule has 0 spiro atoms. The van der Waals surface area contributed by atoms with Crippen LogP contribution in [0.1, 0.15) is 36.6 Å². The van der Waals surface area contributed by atoms with Crippen LogP contribution in [0.4, 0.5) is 11.4 Å². The van der Waals surface area contributed by atoms with Crippen molar-refractivity contribution in [1.82, 2.24) is 10.0 Å². The molecule has 0 bridgehead atoms. The number of imide groups is 1. The van der Waals surface area contributed by atoms with Crippen LogP contribution in [0.25, 0.3) is 0 Å². The van der Waals surface area contributed by atoms with Gasteiger partial charge in [-0.1, -0.05) is 47.5 Å². The third-order valence-corrected chi connectivity index (χ3v) is 5.93. The van der Waals surface area contributed by atoms with Gasteiger partial charge in [0.1, 0.15) is 11.1 Å². The van der Waals surface area contributed by atoms with Gasteiger partial charge in [0.2, 0.25) is 0 Å². The van der Waals surface area contributed by atoms with E-state index in [4.69, 9.17) is 23.2 Å². The van der Waals surface area contributed by atoms with E-state index in [1.54, 1.807) is 0 Å². The summed E-state index contributed by atoms with van der Waals surface area (Å²) >= 11 is 12.0. The van der Waals surface area contributed by atoms with Crippen molar-refractivity contribution in [1.29, 1.82) is 0 Å². The maximum Gasteiger partial charge on any atom is 0.287 e. The van der Waals surface area contributed by atoms with Crippen LogP contribution in [0.2, 0.25) is 10.0 Å². The van der Waals surface area contributed by atoms with Crippen molar-refractivity contribution < 1.29 is 24.2 Å². The van der Waals surface area contributed by atoms with E-state index in [1.165, 1.54) is 48.5 Å². The summed E-state index contributed by atoms with van der Waals surface area (Å²) in [4.78, 5) is 61.4. The van der Waals surface area contributed by atoms with Gasteiger partial charge in [-0.05, 0) is 29.8 Å². The van der Waals surface area contributed by atoms with Gasteiger partial charge in [-0.3, -0.25) is 34.6 Å². The van der Waals surface area contributed by atoms with Gasteiger partial charge in [0, 0.05) is 12.1 Å². The van der Waals surface area contributed by atoms with Crippen molar-refractivity contribution >= 4 is 52.3 Å². The Labute approximate surface area is 206 Å². The number of hydrogen-bond acceptors (Lipinski definition) is 7. The Bertz CT molecular complexity index is 1440. The lowest BCUT2D eigenvalue weighted by Gasteiger charge is -2.30. The standard InChI is InChI=1S/C22H12Cl2N4O7/c23-15-9-8-12(10-16(15)24)11-25(20(29)13-4-1-2-6-17(13)27(32)33)26-21(30)14-5-3-7-18(28(34)35)19(14)22(26)31/h1-10H,11H2. The normalized spacial score (nSPS) is 12.5. The van der Waals surface area contributed by atoms with Crippen LogP contribution in [0.15, 0.2) is 60.7 Å². The first kappa shape index (κ1) is 23.8. The highest BCUT2D eigenvalue weighted by molar-refractivity contribution is 6.42. The second-order valence-electron chi connectivity index (χ2n) is 7.26. The first-order chi connectivity index (χ1) is 16.6. The smallest absolute Gasteiger partial charge is 0.267 e. The number of hydrazine groups is 1. The summed E-state index contributed by atoms with van der Waals surface area (Å²) in [5.41, 5.74) is -2.01. The third kappa shape index (κ3) is 4.18. The zero-order valence-corrected chi connectivity index (χ0v) is 18.9. The molecule has 0 aliphatic carbocycles. The zero-order chi connectivity index (χ0) is 25.4. The predicted octanol–water partition coefficient (Wildman–Crippen LogP) is 4.66. The van der Waals surface area contributed by atoms with Crippen LogP contribution in [0.3, 0.4) is 0 Å². The monoisotopic (exact) mass is 514 g/mol. The van der Waals surface area contributed by atoms with Crippen molar-refractivity contribution in [2.45, 2.75) is 6.54 Å². The highest BCUT2D eigenvalue weighted by Crippen LogP contribution is 2.34. The Balaban J connectivity index is 1.86. The van der Waals surface area contributed by atoms with Crippen molar-refractivity contribution in [2.75, 3.05) is 0 Å². The first-order valence-electron chi connectivity index (χ1n) is 9.77. The van der Waals surface area contributed by atoms with E-state index in [0.717, 1.165) is 12.1 Å². The number of fused-ring (bicyclic) bond motifs is 1. The number of nitro groups is 2. The van der Waals surface area contributed by atoms with Crippen LogP contribution in [0.5, 0.6) is 0 Å². The Morgan fingerprint density at radius 3 is 2.17 bits per heavy atom. The van der Waals surface area contributed by atoms with Crippen molar-refractivity contribution in [3.8, 4) is 0 Å². The van der Waals surface area contributed by atoms with Crippen LogP contribution in [-0.2, 0) is 6.54 Å². The summed E-state index contributed by atoms with van der Waals surface area (Å²) in [6, 6.07) is 12.8. The van der Waals surface area contributed by atoms with Crippen LogP contribution >= 0.6 is 23.2 Å². The van der Waals surface area contributed by atoms with E-state index in [1.807, 2.05) is 0 Å². The summed E-state index contributed by atoms with van der Waals surface area (Å²) in [5, 5.41) is 24.5. The highest BCUT2D eigenvalue weighted by Gasteiger charge is 2.46. The van der Waals surface area contributed by atoms with E-state index in [9.17, 15) is 34.6 Å². The fraction of sp³-hybridized carbons (Fsp3) is 0.0455. The molecule has 11 nitrogen and oxygen atoms in total. The zero-order valence-electron chi connectivity index (χ0n) is 17.4. The number of nitro benzene ring substituents is 2. The molecule has 0 unspecified atom stereocenters. The minimum atomic E-state index is -1.12. The lowest BCUT2D eigenvalue weighted by atomic mass is 10.1. The van der Waals surface area contributed by atoms with E-state index in [0.29, 0.717) is 15.6 Å². The average molecular weight is 515 g/mol. The average Bonchev–Trinajstić information content (AvgIpc) is 3.09. The van der Waals surface area contributed by atoms with E-state index < -0.39 is 56.6 Å². The molecule has 3 amide bonds. The van der Waals surface area contributed by atoms with Gasteiger partial charge in [-0.25, -0.2) is 5.01 Å². The van der Waals surface area contributed by atoms with Gasteiger partial charge in [-0.15, -0.1) is 0 Å². The number of para-hydroxylation sites is 1. The van der Waals surface area contributed by atoms with Gasteiger partial charge in [0.15, 0.2) is 0 Å². The molecule has 0 saturated heterocycles. The van der Waals surface area contributed by atoms with E-state index >= 15 is 0 Å². The molecule has 0 aromatic heterocycles. The third-order valence-electron chi connectivity index (χ3n) is 5.19. The van der Waals surface area contributed by atoms with Gasteiger partial charge < -0.3 is 0 Å². The molecular weight excluding hydrogens is 503 g/mol. The van der Waals surface area contributed by atoms with Crippen molar-refractivity contribution in [2.24, 2.45) is 0 Å². The molecule has 0 N–H and O–H groups in total. The first-order valence-corrected chi connectivity index (χ1v) is 10.5. The van der Waals surface area contributed by atoms with Gasteiger partial charge in [0.05, 0.1) is 32.0 Å². The van der Waals surface area contributed by atoms with E-state index in [-0.39, 0.29) is 15.6 Å². The number of amides is 3. The topological polar surface area (TPSA) is 144 Å². The fourth-order valence-corrected chi connectivity index (χ4v) is 3.94. The summed E-state index contributed by atoms with van der Waals surface area (Å²) in [7, 11) is 0. The number of rotatable bonds is 6. The Morgan fingerprint density at radius 1 is 0.857 bits per heavy atom. The van der Waals surface area contributed by atoms with Crippen LogP contribution < -0.4 is 0 Å². The maximum absolute atomic E-state index is 13.6. The minimum Gasteiger partial charge on any atom is -0.267 e. The second kappa shape index (κ2) is 9.12. The largest absolute Gasteiger partial charge is 0.287 e. The summed E-state index contributed by atoms with van der Waals surface area (Å²) < 4.78 is 0. The number of hydrogen-bond donors (Lipinski definition) is 0. The molecule has 13 heteroatoms. The molecule has 4 rings (SSSR count). The molecule has 35 heavy (non-hydrogen) atoms. The molecule has 3 aromatic carbocycles. The predicted molar refractivity (Wildman–Crippen MR) is 123 cm³/mol. The van der Waals surface area contributed by atoms with E-state index in [2.05, 4.69) is 0 Å². The number of nitrogens with zero attached hydrogens (tertiary/aromatic N) is 4. The minimum absolute atomic E-state index is 0.125. The van der Waals surface area contributed by atoms with Crippen molar-refractivity contribution in [3.63, 3.8) is 0 Å². The van der Waals surface area contributed by atoms with Crippen LogP contribution in [0, 0.1) is 20.2 Å². The lowest BCUT2D eigenvalue weighted by Crippen LogP contribution is -2.49.